The molecule has 7 aromatic carbocycles. The second-order valence-electron chi connectivity index (χ2n) is 12.3. The second-order valence-corrected chi connectivity index (χ2v) is 13.3. The van der Waals surface area contributed by atoms with Crippen molar-refractivity contribution in [3.8, 4) is 27.9 Å². The van der Waals surface area contributed by atoms with Crippen LogP contribution in [-0.2, 0) is 6.54 Å². The van der Waals surface area contributed by atoms with Gasteiger partial charge in [0, 0.05) is 42.2 Å². The summed E-state index contributed by atoms with van der Waals surface area (Å²) in [6.07, 6.45) is 0. The quantitative estimate of drug-likeness (QED) is 0.127. The van der Waals surface area contributed by atoms with Gasteiger partial charge in [-0.2, -0.15) is 0 Å². The molecular formula is C45H31N3S. The van der Waals surface area contributed by atoms with Gasteiger partial charge in [0.1, 0.15) is 0 Å². The molecule has 9 aromatic rings. The fraction of sp³-hybridized carbons (Fsp3) is 0.0222. The first kappa shape index (κ1) is 29.1. The topological polar surface area (TPSA) is 29.6 Å². The van der Waals surface area contributed by atoms with Gasteiger partial charge >= 0.3 is 0 Å². The number of para-hydroxylation sites is 1. The fourth-order valence-corrected chi connectivity index (χ4v) is 8.25. The zero-order chi connectivity index (χ0) is 32.7. The van der Waals surface area contributed by atoms with E-state index in [0.29, 0.717) is 12.4 Å². The van der Waals surface area contributed by atoms with Crippen molar-refractivity contribution in [1.82, 2.24) is 4.57 Å². The summed E-state index contributed by atoms with van der Waals surface area (Å²) in [5.41, 5.74) is 10.4. The van der Waals surface area contributed by atoms with Crippen LogP contribution in [0.5, 0.6) is 0 Å². The van der Waals surface area contributed by atoms with E-state index in [4.69, 9.17) is 4.99 Å². The Morgan fingerprint density at radius 3 is 2.12 bits per heavy atom. The maximum atomic E-state index is 4.73. The summed E-state index contributed by atoms with van der Waals surface area (Å²) in [6, 6.07) is 58.6. The fourth-order valence-electron chi connectivity index (χ4n) is 7.01. The minimum atomic E-state index is 0.568. The molecule has 0 N–H and O–H groups in total. The lowest BCUT2D eigenvalue weighted by molar-refractivity contribution is 1.06. The van der Waals surface area contributed by atoms with Crippen LogP contribution in [0.2, 0.25) is 0 Å². The number of benzene rings is 7. The Morgan fingerprint density at radius 1 is 0.551 bits per heavy atom. The number of rotatable bonds is 6. The highest BCUT2D eigenvalue weighted by Crippen LogP contribution is 2.42. The molecule has 3 nitrogen and oxygen atoms in total. The summed E-state index contributed by atoms with van der Waals surface area (Å²) in [6.45, 7) is 4.36. The molecule has 0 bridgehead atoms. The van der Waals surface area contributed by atoms with Gasteiger partial charge in [-0.25, -0.2) is 4.99 Å². The average molecular weight is 646 g/mol. The SMILES string of the molecule is C=NC(=NCc1ccccc1)c1ccc(-c2cccc(-n3c4ccccc4c4ccc(-c5cccc6c5sc5ccccc56)cc43)c2)cc1. The van der Waals surface area contributed by atoms with Crippen LogP contribution in [0.1, 0.15) is 11.1 Å². The van der Waals surface area contributed by atoms with Gasteiger partial charge < -0.3 is 4.57 Å². The third kappa shape index (κ3) is 5.14. The van der Waals surface area contributed by atoms with Crippen LogP contribution in [0, 0.1) is 0 Å². The lowest BCUT2D eigenvalue weighted by atomic mass is 10.0. The summed E-state index contributed by atoms with van der Waals surface area (Å²) in [5, 5.41) is 5.13. The van der Waals surface area contributed by atoms with E-state index < -0.39 is 0 Å². The third-order valence-corrected chi connectivity index (χ3v) is 10.6. The van der Waals surface area contributed by atoms with Crippen molar-refractivity contribution in [3.05, 3.63) is 175 Å². The van der Waals surface area contributed by atoms with E-state index in [-0.39, 0.29) is 0 Å². The highest BCUT2D eigenvalue weighted by Gasteiger charge is 2.16. The van der Waals surface area contributed by atoms with Crippen LogP contribution in [0.4, 0.5) is 0 Å². The lowest BCUT2D eigenvalue weighted by Crippen LogP contribution is -1.98. The van der Waals surface area contributed by atoms with Gasteiger partial charge in [0.15, 0.2) is 5.84 Å². The Balaban J connectivity index is 1.13. The van der Waals surface area contributed by atoms with Crippen molar-refractivity contribution in [3.63, 3.8) is 0 Å². The molecule has 9 rings (SSSR count). The highest BCUT2D eigenvalue weighted by molar-refractivity contribution is 7.26. The number of thiophene rings is 1. The molecule has 49 heavy (non-hydrogen) atoms. The first-order chi connectivity index (χ1) is 24.2. The molecule has 0 fully saturated rings. The summed E-state index contributed by atoms with van der Waals surface area (Å²) < 4.78 is 5.06. The zero-order valence-corrected chi connectivity index (χ0v) is 27.6. The highest BCUT2D eigenvalue weighted by atomic mass is 32.1. The number of hydrogen-bond acceptors (Lipinski definition) is 2. The molecule has 0 saturated heterocycles. The van der Waals surface area contributed by atoms with Crippen molar-refractivity contribution in [2.45, 2.75) is 6.54 Å². The molecule has 0 amide bonds. The smallest absolute Gasteiger partial charge is 0.154 e. The van der Waals surface area contributed by atoms with Crippen LogP contribution >= 0.6 is 11.3 Å². The van der Waals surface area contributed by atoms with Crippen molar-refractivity contribution < 1.29 is 0 Å². The number of nitrogens with zero attached hydrogens (tertiary/aromatic N) is 3. The summed E-state index contributed by atoms with van der Waals surface area (Å²) in [5.74, 6) is 0.650. The van der Waals surface area contributed by atoms with Crippen LogP contribution in [0.15, 0.2) is 174 Å². The molecule has 0 radical (unpaired) electrons. The normalized spacial score (nSPS) is 12.0. The molecule has 0 aliphatic heterocycles. The van der Waals surface area contributed by atoms with Gasteiger partial charge in [0.2, 0.25) is 0 Å². The molecule has 0 saturated carbocycles. The molecule has 0 aliphatic rings. The average Bonchev–Trinajstić information content (AvgIpc) is 3.71. The molecular weight excluding hydrogens is 615 g/mol. The Labute approximate surface area is 288 Å². The predicted octanol–water partition coefficient (Wildman–Crippen LogP) is 12.1. The standard InChI is InChI=1S/C45H31N3S/c1-46-45(47-29-30-11-3-2-4-12-30)32-23-21-31(22-24-32)33-13-9-14-35(27-33)48-41-19-7-5-15-37(41)38-26-25-34(28-42(38)48)36-17-10-18-40-39-16-6-8-20-43(39)49-44(36)40/h2-28H,1,29H2. The monoisotopic (exact) mass is 645 g/mol. The van der Waals surface area contributed by atoms with E-state index in [9.17, 15) is 0 Å². The van der Waals surface area contributed by atoms with E-state index >= 15 is 0 Å². The number of aliphatic imine (C=N–C) groups is 2. The van der Waals surface area contributed by atoms with Crippen LogP contribution in [0.3, 0.4) is 0 Å². The lowest BCUT2D eigenvalue weighted by Gasteiger charge is -2.12. The van der Waals surface area contributed by atoms with Crippen molar-refractivity contribution in [2.24, 2.45) is 9.98 Å². The van der Waals surface area contributed by atoms with Crippen molar-refractivity contribution in [1.29, 1.82) is 0 Å². The van der Waals surface area contributed by atoms with Crippen molar-refractivity contribution >= 4 is 65.9 Å². The van der Waals surface area contributed by atoms with E-state index in [2.05, 4.69) is 162 Å². The Hall–Kier alpha value is -6.10. The van der Waals surface area contributed by atoms with Gasteiger partial charge in [0.25, 0.3) is 0 Å². The van der Waals surface area contributed by atoms with Crippen LogP contribution in [-0.4, -0.2) is 17.1 Å². The Bertz CT molecular complexity index is 2700. The van der Waals surface area contributed by atoms with Crippen LogP contribution in [0.25, 0.3) is 69.9 Å². The first-order valence-corrected chi connectivity index (χ1v) is 17.3. The minimum Gasteiger partial charge on any atom is -0.309 e. The van der Waals surface area contributed by atoms with E-state index in [1.165, 1.54) is 53.1 Å². The second kappa shape index (κ2) is 12.2. The van der Waals surface area contributed by atoms with Gasteiger partial charge in [-0.1, -0.05) is 133 Å². The minimum absolute atomic E-state index is 0.568. The van der Waals surface area contributed by atoms with E-state index in [0.717, 1.165) is 27.9 Å². The molecule has 0 spiro atoms. The maximum absolute atomic E-state index is 4.73. The number of fused-ring (bicyclic) bond motifs is 6. The molecule has 2 aromatic heterocycles. The summed E-state index contributed by atoms with van der Waals surface area (Å²) in [4.78, 5) is 8.97. The van der Waals surface area contributed by atoms with E-state index in [1.807, 2.05) is 29.5 Å². The van der Waals surface area contributed by atoms with Gasteiger partial charge in [-0.3, -0.25) is 4.99 Å². The predicted molar refractivity (Wildman–Crippen MR) is 211 cm³/mol. The van der Waals surface area contributed by atoms with E-state index in [1.54, 1.807) is 0 Å². The van der Waals surface area contributed by atoms with Gasteiger partial charge in [-0.05, 0) is 64.9 Å². The maximum Gasteiger partial charge on any atom is 0.154 e. The first-order valence-electron chi connectivity index (χ1n) is 16.5. The molecule has 4 heteroatoms. The van der Waals surface area contributed by atoms with Gasteiger partial charge in [0.05, 0.1) is 17.6 Å². The zero-order valence-electron chi connectivity index (χ0n) is 26.8. The molecule has 0 atom stereocenters. The molecule has 2 heterocycles. The molecule has 232 valence electrons. The largest absolute Gasteiger partial charge is 0.309 e. The van der Waals surface area contributed by atoms with Crippen LogP contribution < -0.4 is 0 Å². The molecule has 0 aliphatic carbocycles. The Kier molecular flexibility index (Phi) is 7.22. The van der Waals surface area contributed by atoms with Crippen molar-refractivity contribution in [2.75, 3.05) is 0 Å². The number of aromatic nitrogens is 1. The summed E-state index contributed by atoms with van der Waals surface area (Å²) in [7, 11) is 0. The Morgan fingerprint density at radius 2 is 1.27 bits per heavy atom. The van der Waals surface area contributed by atoms with Gasteiger partial charge in [-0.15, -0.1) is 11.3 Å². The molecule has 0 unspecified atom stereocenters. The number of amidine groups is 1. The third-order valence-electron chi connectivity index (χ3n) is 9.37. The number of hydrogen-bond donors (Lipinski definition) is 0. The summed E-state index contributed by atoms with van der Waals surface area (Å²) >= 11 is 1.88.